The number of hydrogen-bond acceptors (Lipinski definition) is 5. The average molecular weight is 293 g/mol. The molecule has 0 aliphatic carbocycles. The molecule has 3 rings (SSSR count). The molecule has 3 heterocycles. The fourth-order valence-corrected chi connectivity index (χ4v) is 2.73. The number of pyridine rings is 1. The normalized spacial score (nSPS) is 23.6. The molecular weight excluding hydrogens is 274 g/mol. The minimum Gasteiger partial charge on any atom is -0.465 e. The molecule has 1 unspecified atom stereocenters. The van der Waals surface area contributed by atoms with E-state index >= 15 is 0 Å². The number of rotatable bonds is 2. The van der Waals surface area contributed by atoms with Crippen LogP contribution in [-0.2, 0) is 9.47 Å². The van der Waals surface area contributed by atoms with E-state index in [0.717, 1.165) is 11.4 Å². The second-order valence-electron chi connectivity index (χ2n) is 5.29. The topological polar surface area (TPSA) is 75.1 Å². The summed E-state index contributed by atoms with van der Waals surface area (Å²) < 4.78 is 10.9. The molecule has 1 aromatic heterocycles. The zero-order chi connectivity index (χ0) is 14.8. The van der Waals surface area contributed by atoms with E-state index in [1.54, 1.807) is 6.20 Å². The summed E-state index contributed by atoms with van der Waals surface area (Å²) in [4.78, 5) is 19.0. The molecule has 21 heavy (non-hydrogen) atoms. The van der Waals surface area contributed by atoms with Crippen molar-refractivity contribution in [2.45, 2.75) is 19.3 Å². The maximum absolute atomic E-state index is 11.0. The summed E-state index contributed by atoms with van der Waals surface area (Å²) in [7, 11) is 0. The summed E-state index contributed by atoms with van der Waals surface area (Å²) >= 11 is 0. The minimum absolute atomic E-state index is 0.104. The van der Waals surface area contributed by atoms with Gasteiger partial charge in [0.2, 0.25) is 0 Å². The van der Waals surface area contributed by atoms with E-state index in [0.29, 0.717) is 32.8 Å². The number of aromatic nitrogens is 1. The summed E-state index contributed by atoms with van der Waals surface area (Å²) in [6.45, 7) is 4.87. The van der Waals surface area contributed by atoms with Gasteiger partial charge in [-0.15, -0.1) is 0 Å². The van der Waals surface area contributed by atoms with E-state index in [9.17, 15) is 4.79 Å². The maximum atomic E-state index is 11.0. The second-order valence-corrected chi connectivity index (χ2v) is 5.29. The number of anilines is 1. The van der Waals surface area contributed by atoms with E-state index < -0.39 is 6.09 Å². The lowest BCUT2D eigenvalue weighted by molar-refractivity contribution is -0.0443. The number of nitrogens with zero attached hydrogens (tertiary/aromatic N) is 3. The van der Waals surface area contributed by atoms with Crippen molar-refractivity contribution < 1.29 is 19.4 Å². The number of hydrogen-bond donors (Lipinski definition) is 1. The highest BCUT2D eigenvalue weighted by Crippen LogP contribution is 2.25. The number of carbonyl (C=O) groups is 1. The van der Waals surface area contributed by atoms with Crippen LogP contribution in [0.15, 0.2) is 18.3 Å². The lowest BCUT2D eigenvalue weighted by Crippen LogP contribution is -2.53. The predicted molar refractivity (Wildman–Crippen MR) is 75.3 cm³/mol. The summed E-state index contributed by atoms with van der Waals surface area (Å²) in [6, 6.07) is 3.99. The SMILES string of the molecule is CC1CN(C(=O)O)CCN1c1ccc(C2OCCO2)cn1. The van der Waals surface area contributed by atoms with Crippen molar-refractivity contribution in [2.75, 3.05) is 37.7 Å². The number of amides is 1. The van der Waals surface area contributed by atoms with E-state index in [-0.39, 0.29) is 12.3 Å². The highest BCUT2D eigenvalue weighted by atomic mass is 16.7. The lowest BCUT2D eigenvalue weighted by atomic mass is 10.2. The Morgan fingerprint density at radius 2 is 2.10 bits per heavy atom. The van der Waals surface area contributed by atoms with E-state index in [1.807, 2.05) is 19.1 Å². The average Bonchev–Trinajstić information content (AvgIpc) is 3.01. The third-order valence-corrected chi connectivity index (χ3v) is 3.86. The summed E-state index contributed by atoms with van der Waals surface area (Å²) in [6.07, 6.45) is 0.592. The van der Waals surface area contributed by atoms with Crippen molar-refractivity contribution in [3.05, 3.63) is 23.9 Å². The van der Waals surface area contributed by atoms with Crippen LogP contribution in [0.1, 0.15) is 18.8 Å². The van der Waals surface area contributed by atoms with Crippen LogP contribution in [0.2, 0.25) is 0 Å². The minimum atomic E-state index is -0.861. The van der Waals surface area contributed by atoms with Gasteiger partial charge in [0.1, 0.15) is 5.82 Å². The first-order valence-corrected chi connectivity index (χ1v) is 7.09. The summed E-state index contributed by atoms with van der Waals surface area (Å²) in [5.74, 6) is 0.856. The molecule has 1 aromatic rings. The van der Waals surface area contributed by atoms with Crippen LogP contribution in [0.25, 0.3) is 0 Å². The quantitative estimate of drug-likeness (QED) is 0.886. The van der Waals surface area contributed by atoms with E-state index in [4.69, 9.17) is 14.6 Å². The van der Waals surface area contributed by atoms with Gasteiger partial charge in [-0.25, -0.2) is 9.78 Å². The predicted octanol–water partition coefficient (Wildman–Crippen LogP) is 1.32. The Kier molecular flexibility index (Phi) is 3.94. The van der Waals surface area contributed by atoms with Crippen molar-refractivity contribution in [1.82, 2.24) is 9.88 Å². The van der Waals surface area contributed by atoms with Crippen molar-refractivity contribution >= 4 is 11.9 Å². The maximum Gasteiger partial charge on any atom is 0.407 e. The Labute approximate surface area is 123 Å². The lowest BCUT2D eigenvalue weighted by Gasteiger charge is -2.39. The van der Waals surface area contributed by atoms with Gasteiger partial charge in [0.15, 0.2) is 6.29 Å². The first kappa shape index (κ1) is 14.1. The third-order valence-electron chi connectivity index (χ3n) is 3.86. The molecule has 1 amide bonds. The monoisotopic (exact) mass is 293 g/mol. The molecule has 0 saturated carbocycles. The van der Waals surface area contributed by atoms with Gasteiger partial charge in [-0.3, -0.25) is 0 Å². The zero-order valence-corrected chi connectivity index (χ0v) is 11.9. The molecule has 2 aliphatic heterocycles. The standard InChI is InChI=1S/C14H19N3O4/c1-10-9-16(14(18)19)4-5-17(10)12-3-2-11(8-15-12)13-20-6-7-21-13/h2-3,8,10,13H,4-7,9H2,1H3,(H,18,19). The van der Waals surface area contributed by atoms with Crippen molar-refractivity contribution in [3.63, 3.8) is 0 Å². The van der Waals surface area contributed by atoms with Crippen LogP contribution < -0.4 is 4.90 Å². The molecule has 0 aromatic carbocycles. The first-order chi connectivity index (χ1) is 10.1. The fraction of sp³-hybridized carbons (Fsp3) is 0.571. The van der Waals surface area contributed by atoms with Crippen molar-refractivity contribution in [2.24, 2.45) is 0 Å². The molecule has 7 nitrogen and oxygen atoms in total. The molecule has 114 valence electrons. The Morgan fingerprint density at radius 1 is 1.33 bits per heavy atom. The molecule has 0 bridgehead atoms. The van der Waals surface area contributed by atoms with Crippen LogP contribution in [0.3, 0.4) is 0 Å². The van der Waals surface area contributed by atoms with Gasteiger partial charge in [0.05, 0.1) is 13.2 Å². The van der Waals surface area contributed by atoms with Crippen LogP contribution >= 0.6 is 0 Å². The van der Waals surface area contributed by atoms with Gasteiger partial charge in [0, 0.05) is 37.4 Å². The molecule has 0 radical (unpaired) electrons. The molecule has 0 spiro atoms. The largest absolute Gasteiger partial charge is 0.465 e. The smallest absolute Gasteiger partial charge is 0.407 e. The van der Waals surface area contributed by atoms with Crippen molar-refractivity contribution in [1.29, 1.82) is 0 Å². The van der Waals surface area contributed by atoms with Gasteiger partial charge < -0.3 is 24.4 Å². The number of carboxylic acid groups (broad SMARTS) is 1. The molecule has 7 heteroatoms. The number of piperazine rings is 1. The molecule has 1 N–H and O–H groups in total. The zero-order valence-electron chi connectivity index (χ0n) is 11.9. The summed E-state index contributed by atoms with van der Waals surface area (Å²) in [5, 5.41) is 9.03. The third kappa shape index (κ3) is 2.93. The Balaban J connectivity index is 1.68. The van der Waals surface area contributed by atoms with E-state index in [1.165, 1.54) is 4.90 Å². The number of ether oxygens (including phenoxy) is 2. The second kappa shape index (κ2) is 5.87. The fourth-order valence-electron chi connectivity index (χ4n) is 2.73. The summed E-state index contributed by atoms with van der Waals surface area (Å²) in [5.41, 5.74) is 0.910. The molecule has 1 atom stereocenters. The van der Waals surface area contributed by atoms with Crippen molar-refractivity contribution in [3.8, 4) is 0 Å². The van der Waals surface area contributed by atoms with E-state index in [2.05, 4.69) is 9.88 Å². The molecule has 2 aliphatic rings. The van der Waals surface area contributed by atoms with Crippen LogP contribution in [0.5, 0.6) is 0 Å². The molecular formula is C14H19N3O4. The highest BCUT2D eigenvalue weighted by molar-refractivity contribution is 5.65. The molecule has 2 fully saturated rings. The highest BCUT2D eigenvalue weighted by Gasteiger charge is 2.27. The van der Waals surface area contributed by atoms with Crippen LogP contribution in [0, 0.1) is 0 Å². The van der Waals surface area contributed by atoms with Crippen LogP contribution in [-0.4, -0.2) is 60.0 Å². The Bertz CT molecular complexity index is 501. The van der Waals surface area contributed by atoms with Gasteiger partial charge in [-0.05, 0) is 19.1 Å². The Hall–Kier alpha value is -1.86. The molecule has 2 saturated heterocycles. The first-order valence-electron chi connectivity index (χ1n) is 7.09. The van der Waals surface area contributed by atoms with Gasteiger partial charge in [-0.1, -0.05) is 0 Å². The van der Waals surface area contributed by atoms with Gasteiger partial charge in [-0.2, -0.15) is 0 Å². The van der Waals surface area contributed by atoms with Crippen LogP contribution in [0.4, 0.5) is 10.6 Å². The Morgan fingerprint density at radius 3 is 2.67 bits per heavy atom. The van der Waals surface area contributed by atoms with Gasteiger partial charge >= 0.3 is 6.09 Å². The van der Waals surface area contributed by atoms with Gasteiger partial charge in [0.25, 0.3) is 0 Å².